The van der Waals surface area contributed by atoms with Crippen LogP contribution in [0.4, 0.5) is 5.00 Å². The molecule has 0 saturated carbocycles. The van der Waals surface area contributed by atoms with Gasteiger partial charge in [-0.25, -0.2) is 13.2 Å². The lowest BCUT2D eigenvalue weighted by atomic mass is 10.0. The molecule has 0 fully saturated rings. The average molecular weight is 464 g/mol. The number of sulfone groups is 1. The zero-order valence-corrected chi connectivity index (χ0v) is 18.3. The minimum Gasteiger partial charge on any atom is -0.462 e. The summed E-state index contributed by atoms with van der Waals surface area (Å²) < 4.78 is 32.9. The van der Waals surface area contributed by atoms with E-state index in [4.69, 9.17) is 9.47 Å². The number of allylic oxidation sites excluding steroid dienone is 1. The first-order chi connectivity index (χ1) is 14.8. The van der Waals surface area contributed by atoms with Gasteiger partial charge in [0.05, 0.1) is 18.8 Å². The molecule has 1 aromatic heterocycles. The van der Waals surface area contributed by atoms with Crippen molar-refractivity contribution in [3.8, 4) is 11.1 Å². The number of hydrogen-bond donors (Lipinski definition) is 1. The molecule has 3 rings (SSSR count). The Hall–Kier alpha value is -2.98. The van der Waals surface area contributed by atoms with Crippen LogP contribution in [0.25, 0.3) is 11.1 Å². The molecular formula is C21H21NO7S2. The molecule has 0 saturated heterocycles. The lowest BCUT2D eigenvalue weighted by Gasteiger charge is -2.10. The second kappa shape index (κ2) is 9.88. The molecule has 1 unspecified atom stereocenters. The van der Waals surface area contributed by atoms with Gasteiger partial charge in [-0.3, -0.25) is 9.59 Å². The van der Waals surface area contributed by atoms with E-state index in [0.29, 0.717) is 10.6 Å². The average Bonchev–Trinajstić information content (AvgIpc) is 3.30. The van der Waals surface area contributed by atoms with Crippen LogP contribution in [-0.4, -0.2) is 45.2 Å². The molecule has 1 amide bonds. The van der Waals surface area contributed by atoms with Gasteiger partial charge in [0, 0.05) is 22.3 Å². The van der Waals surface area contributed by atoms with E-state index in [-0.39, 0.29) is 24.3 Å². The maximum atomic E-state index is 12.5. The third-order valence-electron chi connectivity index (χ3n) is 4.41. The molecule has 2 heterocycles. The van der Waals surface area contributed by atoms with Crippen molar-refractivity contribution >= 4 is 44.0 Å². The Morgan fingerprint density at radius 1 is 1.16 bits per heavy atom. The van der Waals surface area contributed by atoms with Crippen molar-refractivity contribution in [2.24, 2.45) is 5.92 Å². The van der Waals surface area contributed by atoms with Gasteiger partial charge in [-0.1, -0.05) is 36.4 Å². The number of rotatable bonds is 8. The Kier molecular flexibility index (Phi) is 7.24. The molecule has 0 spiro atoms. The molecule has 1 aliphatic rings. The smallest absolute Gasteiger partial charge is 0.341 e. The lowest BCUT2D eigenvalue weighted by Crippen LogP contribution is -2.23. The Labute approximate surface area is 183 Å². The molecule has 1 N–H and O–H groups in total. The highest BCUT2D eigenvalue weighted by atomic mass is 32.2. The minimum atomic E-state index is -3.26. The van der Waals surface area contributed by atoms with Gasteiger partial charge in [-0.15, -0.1) is 11.3 Å². The topological polar surface area (TPSA) is 116 Å². The first-order valence-corrected chi connectivity index (χ1v) is 12.1. The summed E-state index contributed by atoms with van der Waals surface area (Å²) in [6, 6.07) is 9.22. The number of esters is 2. The number of amides is 1. The van der Waals surface area contributed by atoms with E-state index in [2.05, 4.69) is 5.32 Å². The second-order valence-electron chi connectivity index (χ2n) is 6.77. The highest BCUT2D eigenvalue weighted by molar-refractivity contribution is 7.94. The predicted octanol–water partition coefficient (Wildman–Crippen LogP) is 3.02. The zero-order valence-electron chi connectivity index (χ0n) is 16.7. The molecule has 1 atom stereocenters. The number of anilines is 1. The van der Waals surface area contributed by atoms with E-state index in [9.17, 15) is 22.8 Å². The fraction of sp³-hybridized carbons (Fsp3) is 0.286. The van der Waals surface area contributed by atoms with Gasteiger partial charge in [-0.05, 0) is 12.5 Å². The van der Waals surface area contributed by atoms with Crippen LogP contribution in [-0.2, 0) is 28.9 Å². The van der Waals surface area contributed by atoms with Gasteiger partial charge in [0.1, 0.15) is 10.6 Å². The first-order valence-electron chi connectivity index (χ1n) is 9.49. The van der Waals surface area contributed by atoms with Crippen molar-refractivity contribution in [1.82, 2.24) is 0 Å². The molecular weight excluding hydrogens is 442 g/mol. The summed E-state index contributed by atoms with van der Waals surface area (Å²) in [4.78, 5) is 36.7. The van der Waals surface area contributed by atoms with Crippen LogP contribution in [0.15, 0.2) is 47.2 Å². The number of carbonyl (C=O) groups is 3. The molecule has 1 aliphatic heterocycles. The molecule has 2 aromatic rings. The van der Waals surface area contributed by atoms with Crippen molar-refractivity contribution in [3.63, 3.8) is 0 Å². The van der Waals surface area contributed by atoms with Gasteiger partial charge in [-0.2, -0.15) is 0 Å². The Bertz CT molecular complexity index is 1100. The van der Waals surface area contributed by atoms with Crippen LogP contribution in [0.5, 0.6) is 0 Å². The predicted molar refractivity (Wildman–Crippen MR) is 116 cm³/mol. The molecule has 164 valence electrons. The molecule has 8 nitrogen and oxygen atoms in total. The first kappa shape index (κ1) is 22.7. The van der Waals surface area contributed by atoms with Crippen LogP contribution in [0.3, 0.4) is 0 Å². The van der Waals surface area contributed by atoms with Gasteiger partial charge < -0.3 is 14.8 Å². The third-order valence-corrected chi connectivity index (χ3v) is 6.77. The monoisotopic (exact) mass is 463 g/mol. The molecule has 10 heteroatoms. The van der Waals surface area contributed by atoms with Gasteiger partial charge in [0.25, 0.3) is 5.91 Å². The van der Waals surface area contributed by atoms with Crippen LogP contribution < -0.4 is 5.32 Å². The molecule has 1 aromatic carbocycles. The Balaban J connectivity index is 1.64. The van der Waals surface area contributed by atoms with Crippen molar-refractivity contribution in [1.29, 1.82) is 0 Å². The highest BCUT2D eigenvalue weighted by Gasteiger charge is 2.26. The van der Waals surface area contributed by atoms with Crippen molar-refractivity contribution < 1.29 is 32.3 Å². The van der Waals surface area contributed by atoms with E-state index in [0.717, 1.165) is 22.3 Å². The Morgan fingerprint density at radius 3 is 2.55 bits per heavy atom. The molecule has 31 heavy (non-hydrogen) atoms. The second-order valence-corrected chi connectivity index (χ2v) is 9.58. The number of benzene rings is 1. The number of thiophene rings is 1. The van der Waals surface area contributed by atoms with Gasteiger partial charge >= 0.3 is 11.9 Å². The van der Waals surface area contributed by atoms with Crippen molar-refractivity contribution in [2.45, 2.75) is 13.3 Å². The Morgan fingerprint density at radius 2 is 1.90 bits per heavy atom. The van der Waals surface area contributed by atoms with E-state index >= 15 is 0 Å². The quantitative estimate of drug-likeness (QED) is 0.598. The molecule has 0 bridgehead atoms. The summed E-state index contributed by atoms with van der Waals surface area (Å²) >= 11 is 1.16. The van der Waals surface area contributed by atoms with Crippen LogP contribution in [0.1, 0.15) is 23.7 Å². The van der Waals surface area contributed by atoms with Crippen molar-refractivity contribution in [3.05, 3.63) is 52.8 Å². The zero-order chi connectivity index (χ0) is 22.4. The molecule has 0 aliphatic carbocycles. The van der Waals surface area contributed by atoms with Crippen molar-refractivity contribution in [2.75, 3.05) is 24.3 Å². The van der Waals surface area contributed by atoms with E-state index in [1.807, 2.05) is 30.3 Å². The third kappa shape index (κ3) is 6.02. The van der Waals surface area contributed by atoms with E-state index in [1.54, 1.807) is 12.3 Å². The van der Waals surface area contributed by atoms with Gasteiger partial charge in [0.15, 0.2) is 16.4 Å². The summed E-state index contributed by atoms with van der Waals surface area (Å²) in [5, 5.41) is 5.71. The summed E-state index contributed by atoms with van der Waals surface area (Å²) in [6.07, 6.45) is 1.31. The van der Waals surface area contributed by atoms with Crippen LogP contribution >= 0.6 is 11.3 Å². The summed E-state index contributed by atoms with van der Waals surface area (Å²) in [7, 11) is -3.26. The summed E-state index contributed by atoms with van der Waals surface area (Å²) in [6.45, 7) is 1.32. The maximum Gasteiger partial charge on any atom is 0.341 e. The standard InChI is InChI=1S/C21H21NO7S2/c1-2-28-21(25)19-16(15-6-4-3-5-7-15)12-30-20(19)22-17(23)11-29-18(24)10-14-8-9-31(26,27)13-14/h3-9,12,14H,2,10-11,13H2,1H3,(H,22,23). The van der Waals surface area contributed by atoms with Crippen LogP contribution in [0.2, 0.25) is 0 Å². The normalized spacial score (nSPS) is 16.6. The van der Waals surface area contributed by atoms with Crippen LogP contribution in [0, 0.1) is 5.92 Å². The van der Waals surface area contributed by atoms with Gasteiger partial charge in [0.2, 0.25) is 0 Å². The SMILES string of the molecule is CCOC(=O)c1c(-c2ccccc2)csc1NC(=O)COC(=O)CC1C=CS(=O)(=O)C1. The van der Waals surface area contributed by atoms with E-state index in [1.165, 1.54) is 6.08 Å². The summed E-state index contributed by atoms with van der Waals surface area (Å²) in [5.74, 6) is -2.46. The molecule has 0 radical (unpaired) electrons. The maximum absolute atomic E-state index is 12.5. The number of carbonyl (C=O) groups excluding carboxylic acids is 3. The fourth-order valence-electron chi connectivity index (χ4n) is 3.04. The fourth-order valence-corrected chi connectivity index (χ4v) is 5.41. The van der Waals surface area contributed by atoms with E-state index < -0.39 is 40.2 Å². The lowest BCUT2D eigenvalue weighted by molar-refractivity contribution is -0.147. The number of nitrogens with one attached hydrogen (secondary N) is 1. The highest BCUT2D eigenvalue weighted by Crippen LogP contribution is 2.36. The largest absolute Gasteiger partial charge is 0.462 e. The summed E-state index contributed by atoms with van der Waals surface area (Å²) in [5.41, 5.74) is 1.66. The number of ether oxygens (including phenoxy) is 2. The number of hydrogen-bond acceptors (Lipinski definition) is 8. The minimum absolute atomic E-state index is 0.131.